The zero-order valence-corrected chi connectivity index (χ0v) is 7.51. The van der Waals surface area contributed by atoms with Crippen molar-refractivity contribution >= 4 is 22.7 Å². The lowest BCUT2D eigenvalue weighted by molar-refractivity contribution is 0.602. The van der Waals surface area contributed by atoms with Crippen LogP contribution in [0.3, 0.4) is 0 Å². The number of alkyl halides is 1. The summed E-state index contributed by atoms with van der Waals surface area (Å²) in [7, 11) is 0. The maximum atomic E-state index is 5.44. The molecule has 64 valence electrons. The SMILES string of the molecule is ClCC#Cc1ccc2ocnc2c1. The first-order valence-electron chi connectivity index (χ1n) is 3.78. The highest BCUT2D eigenvalue weighted by Crippen LogP contribution is 2.13. The van der Waals surface area contributed by atoms with E-state index in [1.165, 1.54) is 6.39 Å². The number of nitrogens with zero attached hydrogens (tertiary/aromatic N) is 1. The van der Waals surface area contributed by atoms with Gasteiger partial charge >= 0.3 is 0 Å². The van der Waals surface area contributed by atoms with E-state index >= 15 is 0 Å². The fraction of sp³-hybridized carbons (Fsp3) is 0.100. The van der Waals surface area contributed by atoms with E-state index in [1.54, 1.807) is 0 Å². The van der Waals surface area contributed by atoms with Gasteiger partial charge in [-0.2, -0.15) is 0 Å². The summed E-state index contributed by atoms with van der Waals surface area (Å²) < 4.78 is 5.09. The highest BCUT2D eigenvalue weighted by Gasteiger charge is 1.97. The molecule has 2 rings (SSSR count). The molecule has 0 amide bonds. The fourth-order valence-electron chi connectivity index (χ4n) is 1.07. The molecular formula is C10H6ClNO. The Balaban J connectivity index is 2.48. The zero-order valence-electron chi connectivity index (χ0n) is 6.75. The van der Waals surface area contributed by atoms with E-state index in [-0.39, 0.29) is 0 Å². The van der Waals surface area contributed by atoms with Crippen LogP contribution in [0, 0.1) is 11.8 Å². The van der Waals surface area contributed by atoms with Crippen LogP contribution in [0.15, 0.2) is 29.0 Å². The molecule has 2 nitrogen and oxygen atoms in total. The van der Waals surface area contributed by atoms with Gasteiger partial charge in [0, 0.05) is 5.56 Å². The van der Waals surface area contributed by atoms with Gasteiger partial charge in [0.1, 0.15) is 5.52 Å². The minimum Gasteiger partial charge on any atom is -0.443 e. The number of fused-ring (bicyclic) bond motifs is 1. The summed E-state index contributed by atoms with van der Waals surface area (Å²) in [5, 5.41) is 0. The van der Waals surface area contributed by atoms with Crippen molar-refractivity contribution in [1.82, 2.24) is 4.98 Å². The van der Waals surface area contributed by atoms with Crippen molar-refractivity contribution in [2.45, 2.75) is 0 Å². The Morgan fingerprint density at radius 2 is 2.38 bits per heavy atom. The van der Waals surface area contributed by atoms with E-state index in [4.69, 9.17) is 16.0 Å². The van der Waals surface area contributed by atoms with Crippen molar-refractivity contribution in [2.24, 2.45) is 0 Å². The van der Waals surface area contributed by atoms with E-state index in [1.807, 2.05) is 18.2 Å². The standard InChI is InChI=1S/C10H6ClNO/c11-5-1-2-8-3-4-10-9(6-8)12-7-13-10/h3-4,6-7H,5H2. The molecular weight excluding hydrogens is 186 g/mol. The van der Waals surface area contributed by atoms with Crippen LogP contribution in [0.25, 0.3) is 11.1 Å². The van der Waals surface area contributed by atoms with Crippen LogP contribution in [0.1, 0.15) is 5.56 Å². The number of halogens is 1. The Hall–Kier alpha value is -1.46. The average Bonchev–Trinajstić information content (AvgIpc) is 2.61. The largest absolute Gasteiger partial charge is 0.443 e. The third-order valence-corrected chi connectivity index (χ3v) is 1.76. The Kier molecular flexibility index (Phi) is 2.20. The minimum absolute atomic E-state index is 0.344. The molecule has 0 atom stereocenters. The maximum Gasteiger partial charge on any atom is 0.181 e. The van der Waals surface area contributed by atoms with Crippen molar-refractivity contribution in [1.29, 1.82) is 0 Å². The molecule has 0 N–H and O–H groups in total. The topological polar surface area (TPSA) is 26.0 Å². The summed E-state index contributed by atoms with van der Waals surface area (Å²) in [5.74, 6) is 6.04. The molecule has 0 fully saturated rings. The van der Waals surface area contributed by atoms with Gasteiger partial charge in [0.25, 0.3) is 0 Å². The molecule has 0 aliphatic rings. The first kappa shape index (κ1) is 8.15. The summed E-state index contributed by atoms with van der Waals surface area (Å²) >= 11 is 5.44. The van der Waals surface area contributed by atoms with Crippen molar-refractivity contribution < 1.29 is 4.42 Å². The molecule has 0 bridgehead atoms. The maximum absolute atomic E-state index is 5.44. The number of hydrogen-bond donors (Lipinski definition) is 0. The monoisotopic (exact) mass is 191 g/mol. The van der Waals surface area contributed by atoms with Crippen molar-refractivity contribution in [3.05, 3.63) is 30.2 Å². The molecule has 13 heavy (non-hydrogen) atoms. The third kappa shape index (κ3) is 1.66. The fourth-order valence-corrected chi connectivity index (χ4v) is 1.14. The molecule has 3 heteroatoms. The molecule has 1 aromatic heterocycles. The number of rotatable bonds is 0. The summed E-state index contributed by atoms with van der Waals surface area (Å²) in [5.41, 5.74) is 2.50. The first-order chi connectivity index (χ1) is 6.40. The smallest absolute Gasteiger partial charge is 0.181 e. The van der Waals surface area contributed by atoms with Crippen molar-refractivity contribution in [3.63, 3.8) is 0 Å². The molecule has 0 unspecified atom stereocenters. The Labute approximate surface area is 80.5 Å². The van der Waals surface area contributed by atoms with Crippen LogP contribution in [0.2, 0.25) is 0 Å². The predicted molar refractivity (Wildman–Crippen MR) is 51.6 cm³/mol. The van der Waals surface area contributed by atoms with Crippen molar-refractivity contribution in [3.8, 4) is 11.8 Å². The number of aromatic nitrogens is 1. The lowest BCUT2D eigenvalue weighted by atomic mass is 10.2. The van der Waals surface area contributed by atoms with Gasteiger partial charge in [-0.25, -0.2) is 4.98 Å². The summed E-state index contributed by atoms with van der Waals surface area (Å²) in [6.07, 6.45) is 1.42. The molecule has 0 spiro atoms. The Morgan fingerprint density at radius 3 is 3.23 bits per heavy atom. The summed E-state index contributed by atoms with van der Waals surface area (Å²) in [6, 6.07) is 5.60. The second-order valence-corrected chi connectivity index (χ2v) is 2.74. The number of oxazole rings is 1. The third-order valence-electron chi connectivity index (χ3n) is 1.63. The predicted octanol–water partition coefficient (Wildman–Crippen LogP) is 2.42. The van der Waals surface area contributed by atoms with Gasteiger partial charge in [0.15, 0.2) is 12.0 Å². The van der Waals surface area contributed by atoms with Gasteiger partial charge < -0.3 is 4.42 Å². The highest BCUT2D eigenvalue weighted by atomic mass is 35.5. The van der Waals surface area contributed by atoms with Crippen LogP contribution in [-0.2, 0) is 0 Å². The highest BCUT2D eigenvalue weighted by molar-refractivity contribution is 6.19. The first-order valence-corrected chi connectivity index (χ1v) is 4.32. The van der Waals surface area contributed by atoms with E-state index in [2.05, 4.69) is 16.8 Å². The lowest BCUT2D eigenvalue weighted by Crippen LogP contribution is -1.74. The van der Waals surface area contributed by atoms with Gasteiger partial charge in [-0.15, -0.1) is 11.6 Å². The summed E-state index contributed by atoms with van der Waals surface area (Å²) in [6.45, 7) is 0. The Morgan fingerprint density at radius 1 is 1.46 bits per heavy atom. The van der Waals surface area contributed by atoms with Gasteiger partial charge in [-0.3, -0.25) is 0 Å². The molecule has 2 aromatic rings. The van der Waals surface area contributed by atoms with E-state index in [0.717, 1.165) is 16.7 Å². The lowest BCUT2D eigenvalue weighted by Gasteiger charge is -1.88. The van der Waals surface area contributed by atoms with Gasteiger partial charge in [0.2, 0.25) is 0 Å². The zero-order chi connectivity index (χ0) is 9.10. The number of hydrogen-bond acceptors (Lipinski definition) is 2. The summed E-state index contributed by atoms with van der Waals surface area (Å²) in [4.78, 5) is 4.02. The normalized spacial score (nSPS) is 9.62. The van der Waals surface area contributed by atoms with Gasteiger partial charge in [-0.05, 0) is 18.2 Å². The van der Waals surface area contributed by atoms with Crippen LogP contribution >= 0.6 is 11.6 Å². The second-order valence-electron chi connectivity index (χ2n) is 2.47. The molecule has 0 aliphatic heterocycles. The van der Waals surface area contributed by atoms with Crippen LogP contribution in [-0.4, -0.2) is 10.9 Å². The molecule has 0 saturated heterocycles. The van der Waals surface area contributed by atoms with E-state index < -0.39 is 0 Å². The Bertz CT molecular complexity index is 478. The van der Waals surface area contributed by atoms with E-state index in [0.29, 0.717) is 5.88 Å². The van der Waals surface area contributed by atoms with Gasteiger partial charge in [-0.1, -0.05) is 11.8 Å². The van der Waals surface area contributed by atoms with Gasteiger partial charge in [0.05, 0.1) is 5.88 Å². The van der Waals surface area contributed by atoms with Crippen LogP contribution < -0.4 is 0 Å². The molecule has 0 aliphatic carbocycles. The second kappa shape index (κ2) is 3.51. The molecule has 0 saturated carbocycles. The molecule has 1 aromatic carbocycles. The van der Waals surface area contributed by atoms with Crippen LogP contribution in [0.4, 0.5) is 0 Å². The number of benzene rings is 1. The van der Waals surface area contributed by atoms with Crippen molar-refractivity contribution in [2.75, 3.05) is 5.88 Å². The minimum atomic E-state index is 0.344. The quantitative estimate of drug-likeness (QED) is 0.472. The average molecular weight is 192 g/mol. The molecule has 1 heterocycles. The van der Waals surface area contributed by atoms with Crippen LogP contribution in [0.5, 0.6) is 0 Å². The van der Waals surface area contributed by atoms with E-state index in [9.17, 15) is 0 Å². The molecule has 0 radical (unpaired) electrons.